The van der Waals surface area contributed by atoms with Crippen LogP contribution < -0.4 is 15.8 Å². The number of rotatable bonds is 4. The molecule has 21 heavy (non-hydrogen) atoms. The van der Waals surface area contributed by atoms with E-state index in [4.69, 9.17) is 10.5 Å². The minimum Gasteiger partial charge on any atom is -0.381 e. The van der Waals surface area contributed by atoms with Gasteiger partial charge in [-0.05, 0) is 38.1 Å². The lowest BCUT2D eigenvalue weighted by molar-refractivity contribution is -0.124. The van der Waals surface area contributed by atoms with Crippen molar-refractivity contribution in [3.63, 3.8) is 0 Å². The Hall–Kier alpha value is -1.48. The first-order chi connectivity index (χ1) is 9.87. The van der Waals surface area contributed by atoms with Crippen LogP contribution in [0.4, 0.5) is 5.69 Å². The number of amides is 1. The van der Waals surface area contributed by atoms with E-state index in [9.17, 15) is 13.2 Å². The molecule has 1 saturated heterocycles. The van der Waals surface area contributed by atoms with Crippen molar-refractivity contribution in [3.05, 3.63) is 24.3 Å². The van der Waals surface area contributed by atoms with Crippen molar-refractivity contribution >= 4 is 21.6 Å². The minimum atomic E-state index is -3.55. The van der Waals surface area contributed by atoms with Gasteiger partial charge in [-0.3, -0.25) is 4.79 Å². The van der Waals surface area contributed by atoms with E-state index in [1.807, 2.05) is 0 Å². The molecule has 0 atom stereocenters. The maximum Gasteiger partial charge on any atom is 0.244 e. The van der Waals surface area contributed by atoms with Gasteiger partial charge in [0, 0.05) is 18.9 Å². The highest BCUT2D eigenvalue weighted by atomic mass is 32.2. The van der Waals surface area contributed by atoms with Crippen molar-refractivity contribution in [3.8, 4) is 0 Å². The maximum absolute atomic E-state index is 12.3. The summed E-state index contributed by atoms with van der Waals surface area (Å²) in [5.74, 6) is -0.329. The van der Waals surface area contributed by atoms with E-state index >= 15 is 0 Å². The number of hydrogen-bond donors (Lipinski definition) is 3. The Bertz CT molecular complexity index is 624. The molecule has 4 N–H and O–H groups in total. The fourth-order valence-electron chi connectivity index (χ4n) is 2.08. The van der Waals surface area contributed by atoms with Gasteiger partial charge in [0.05, 0.1) is 4.90 Å². The predicted octanol–water partition coefficient (Wildman–Crippen LogP) is 0.0411. The molecule has 2 rings (SSSR count). The third-order valence-corrected chi connectivity index (χ3v) is 4.92. The molecule has 116 valence electrons. The van der Waals surface area contributed by atoms with Crippen LogP contribution in [0, 0.1) is 0 Å². The SMILES string of the molecule is CNS(=O)(=O)c1cccc(NC(=O)C2(N)CCOCC2)c1. The van der Waals surface area contributed by atoms with Crippen molar-refractivity contribution in [1.29, 1.82) is 0 Å². The van der Waals surface area contributed by atoms with Gasteiger partial charge in [0.15, 0.2) is 0 Å². The molecule has 0 saturated carbocycles. The molecule has 0 aromatic heterocycles. The van der Waals surface area contributed by atoms with Crippen molar-refractivity contribution in [2.24, 2.45) is 5.73 Å². The molecule has 1 heterocycles. The van der Waals surface area contributed by atoms with Crippen LogP contribution in [0.5, 0.6) is 0 Å². The van der Waals surface area contributed by atoms with Crippen LogP contribution in [0.1, 0.15) is 12.8 Å². The number of carbonyl (C=O) groups is 1. The first-order valence-electron chi connectivity index (χ1n) is 6.59. The lowest BCUT2D eigenvalue weighted by atomic mass is 9.90. The average molecular weight is 313 g/mol. The van der Waals surface area contributed by atoms with Gasteiger partial charge in [0.1, 0.15) is 5.54 Å². The fourth-order valence-corrected chi connectivity index (χ4v) is 2.85. The van der Waals surface area contributed by atoms with E-state index in [2.05, 4.69) is 10.0 Å². The number of carbonyl (C=O) groups excluding carboxylic acids is 1. The van der Waals surface area contributed by atoms with Gasteiger partial charge >= 0.3 is 0 Å². The summed E-state index contributed by atoms with van der Waals surface area (Å²) in [4.78, 5) is 12.3. The molecule has 1 aromatic carbocycles. The molecular formula is C13H19N3O4S. The monoisotopic (exact) mass is 313 g/mol. The Morgan fingerprint density at radius 3 is 2.62 bits per heavy atom. The van der Waals surface area contributed by atoms with Crippen LogP contribution in [0.25, 0.3) is 0 Å². The molecule has 1 aliphatic heterocycles. The fraction of sp³-hybridized carbons (Fsp3) is 0.462. The predicted molar refractivity (Wildman–Crippen MR) is 78.3 cm³/mol. The van der Waals surface area contributed by atoms with Crippen LogP contribution in [0.15, 0.2) is 29.2 Å². The Morgan fingerprint density at radius 1 is 1.33 bits per heavy atom. The van der Waals surface area contributed by atoms with Crippen molar-refractivity contribution in [2.45, 2.75) is 23.3 Å². The number of nitrogens with two attached hydrogens (primary N) is 1. The molecule has 0 bridgehead atoms. The smallest absolute Gasteiger partial charge is 0.244 e. The number of ether oxygens (including phenoxy) is 1. The highest BCUT2D eigenvalue weighted by Gasteiger charge is 2.35. The second-order valence-corrected chi connectivity index (χ2v) is 6.84. The van der Waals surface area contributed by atoms with Crippen molar-refractivity contribution < 1.29 is 17.9 Å². The lowest BCUT2D eigenvalue weighted by Crippen LogP contribution is -2.54. The summed E-state index contributed by atoms with van der Waals surface area (Å²) in [7, 11) is -2.22. The van der Waals surface area contributed by atoms with Crippen molar-refractivity contribution in [2.75, 3.05) is 25.6 Å². The number of hydrogen-bond acceptors (Lipinski definition) is 5. The molecule has 7 nitrogen and oxygen atoms in total. The third-order valence-electron chi connectivity index (χ3n) is 3.51. The Labute approximate surface area is 123 Å². The van der Waals surface area contributed by atoms with E-state index in [0.29, 0.717) is 31.7 Å². The Kier molecular flexibility index (Phi) is 4.62. The van der Waals surface area contributed by atoms with Gasteiger partial charge in [-0.2, -0.15) is 0 Å². The summed E-state index contributed by atoms with van der Waals surface area (Å²) in [6, 6.07) is 6.03. The summed E-state index contributed by atoms with van der Waals surface area (Å²) >= 11 is 0. The Morgan fingerprint density at radius 2 is 2.00 bits per heavy atom. The van der Waals surface area contributed by atoms with E-state index in [-0.39, 0.29) is 10.8 Å². The van der Waals surface area contributed by atoms with Crippen LogP contribution in [0.3, 0.4) is 0 Å². The summed E-state index contributed by atoms with van der Waals surface area (Å²) in [6.45, 7) is 0.885. The molecule has 1 aromatic rings. The molecule has 1 fully saturated rings. The van der Waals surface area contributed by atoms with Crippen LogP contribution >= 0.6 is 0 Å². The van der Waals surface area contributed by atoms with Gasteiger partial charge in [-0.1, -0.05) is 6.07 Å². The zero-order valence-corrected chi connectivity index (χ0v) is 12.6. The lowest BCUT2D eigenvalue weighted by Gasteiger charge is -2.31. The standard InChI is InChI=1S/C13H19N3O4S/c1-15-21(18,19)11-4-2-3-10(9-11)16-12(17)13(14)5-7-20-8-6-13/h2-4,9,15H,5-8,14H2,1H3,(H,16,17). The third kappa shape index (κ3) is 3.59. The highest BCUT2D eigenvalue weighted by molar-refractivity contribution is 7.89. The average Bonchev–Trinajstić information content (AvgIpc) is 2.48. The van der Waals surface area contributed by atoms with E-state index in [0.717, 1.165) is 0 Å². The minimum absolute atomic E-state index is 0.0841. The molecule has 0 radical (unpaired) electrons. The normalized spacial score (nSPS) is 18.2. The zero-order valence-electron chi connectivity index (χ0n) is 11.8. The maximum atomic E-state index is 12.3. The molecular weight excluding hydrogens is 294 g/mol. The first kappa shape index (κ1) is 15.9. The second-order valence-electron chi connectivity index (χ2n) is 4.96. The summed E-state index contributed by atoms with van der Waals surface area (Å²) in [6.07, 6.45) is 0.876. The summed E-state index contributed by atoms with van der Waals surface area (Å²) in [5, 5.41) is 2.68. The summed E-state index contributed by atoms with van der Waals surface area (Å²) in [5.41, 5.74) is 5.50. The van der Waals surface area contributed by atoms with E-state index in [1.165, 1.54) is 19.2 Å². The van der Waals surface area contributed by atoms with Gasteiger partial charge in [0.2, 0.25) is 15.9 Å². The molecule has 0 aliphatic carbocycles. The van der Waals surface area contributed by atoms with Gasteiger partial charge in [0.25, 0.3) is 0 Å². The molecule has 8 heteroatoms. The quantitative estimate of drug-likeness (QED) is 0.727. The number of sulfonamides is 1. The molecule has 0 spiro atoms. The van der Waals surface area contributed by atoms with E-state index < -0.39 is 15.6 Å². The topological polar surface area (TPSA) is 111 Å². The van der Waals surface area contributed by atoms with Gasteiger partial charge < -0.3 is 15.8 Å². The van der Waals surface area contributed by atoms with Gasteiger partial charge in [-0.15, -0.1) is 0 Å². The summed E-state index contributed by atoms with van der Waals surface area (Å²) < 4.78 is 30.9. The number of anilines is 1. The molecule has 0 unspecified atom stereocenters. The molecule has 1 amide bonds. The highest BCUT2D eigenvalue weighted by Crippen LogP contribution is 2.21. The van der Waals surface area contributed by atoms with Crippen LogP contribution in [-0.4, -0.2) is 40.1 Å². The second kappa shape index (κ2) is 6.10. The van der Waals surface area contributed by atoms with Crippen molar-refractivity contribution in [1.82, 2.24) is 4.72 Å². The largest absolute Gasteiger partial charge is 0.381 e. The zero-order chi connectivity index (χ0) is 15.5. The number of benzene rings is 1. The molecule has 1 aliphatic rings. The number of nitrogens with one attached hydrogen (secondary N) is 2. The van der Waals surface area contributed by atoms with Crippen LogP contribution in [0.2, 0.25) is 0 Å². The Balaban J connectivity index is 2.16. The first-order valence-corrected chi connectivity index (χ1v) is 8.07. The van der Waals surface area contributed by atoms with E-state index in [1.54, 1.807) is 12.1 Å². The van der Waals surface area contributed by atoms with Crippen LogP contribution in [-0.2, 0) is 19.6 Å². The van der Waals surface area contributed by atoms with Gasteiger partial charge in [-0.25, -0.2) is 13.1 Å².